The van der Waals surface area contributed by atoms with Gasteiger partial charge in [-0.1, -0.05) is 60.7 Å². The summed E-state index contributed by atoms with van der Waals surface area (Å²) in [5.74, 6) is 0.0880. The normalized spacial score (nSPS) is 12.1. The predicted octanol–water partition coefficient (Wildman–Crippen LogP) is 2.89. The highest BCUT2D eigenvalue weighted by atomic mass is 16.1. The number of Topliss-reactive ketones (excluding diaryl/α,β-unsaturated/α-hetero) is 1. The van der Waals surface area contributed by atoms with Crippen LogP contribution in [0, 0.1) is 0 Å². The molecule has 2 nitrogen and oxygen atoms in total. The number of carbonyl (C=O) groups excluding carboxylic acids is 1. The highest BCUT2D eigenvalue weighted by Gasteiger charge is 2.14. The van der Waals surface area contributed by atoms with Crippen LogP contribution in [0.2, 0.25) is 0 Å². The average molecular weight is 239 g/mol. The molecule has 0 heterocycles. The van der Waals surface area contributed by atoms with Gasteiger partial charge in [0.1, 0.15) is 0 Å². The van der Waals surface area contributed by atoms with Gasteiger partial charge in [-0.15, -0.1) is 0 Å². The van der Waals surface area contributed by atoms with E-state index < -0.39 is 6.04 Å². The van der Waals surface area contributed by atoms with E-state index in [1.165, 1.54) is 5.56 Å². The van der Waals surface area contributed by atoms with Crippen LogP contribution in [0.15, 0.2) is 60.7 Å². The molecule has 2 N–H and O–H groups in total. The minimum atomic E-state index is -0.505. The van der Waals surface area contributed by atoms with Crippen molar-refractivity contribution in [3.8, 4) is 0 Å². The average Bonchev–Trinajstić information content (AvgIpc) is 2.46. The Morgan fingerprint density at radius 2 is 1.50 bits per heavy atom. The first-order valence-electron chi connectivity index (χ1n) is 6.14. The zero-order valence-corrected chi connectivity index (χ0v) is 10.3. The lowest BCUT2D eigenvalue weighted by molar-refractivity contribution is -0.120. The van der Waals surface area contributed by atoms with Gasteiger partial charge in [-0.25, -0.2) is 0 Å². The number of hydrogen-bond acceptors (Lipinski definition) is 2. The van der Waals surface area contributed by atoms with Crippen molar-refractivity contribution in [2.45, 2.75) is 18.9 Å². The Labute approximate surface area is 107 Å². The molecular formula is C16H17NO. The SMILES string of the molecule is NC(C(=O)CCc1ccccc1)c1ccccc1. The molecule has 18 heavy (non-hydrogen) atoms. The molecule has 0 aliphatic carbocycles. The first-order valence-corrected chi connectivity index (χ1v) is 6.14. The van der Waals surface area contributed by atoms with E-state index >= 15 is 0 Å². The fourth-order valence-corrected chi connectivity index (χ4v) is 1.91. The van der Waals surface area contributed by atoms with Crippen LogP contribution < -0.4 is 5.73 Å². The van der Waals surface area contributed by atoms with E-state index in [9.17, 15) is 4.79 Å². The third kappa shape index (κ3) is 3.28. The monoisotopic (exact) mass is 239 g/mol. The molecule has 1 unspecified atom stereocenters. The van der Waals surface area contributed by atoms with Gasteiger partial charge in [-0.3, -0.25) is 4.79 Å². The Hall–Kier alpha value is -1.93. The Morgan fingerprint density at radius 3 is 2.11 bits per heavy atom. The van der Waals surface area contributed by atoms with Crippen molar-refractivity contribution in [2.75, 3.05) is 0 Å². The Bertz CT molecular complexity index is 493. The summed E-state index contributed by atoms with van der Waals surface area (Å²) in [6.07, 6.45) is 1.24. The third-order valence-electron chi connectivity index (χ3n) is 3.01. The van der Waals surface area contributed by atoms with Gasteiger partial charge in [0.15, 0.2) is 5.78 Å². The second-order valence-electron chi connectivity index (χ2n) is 4.34. The molecule has 0 fully saturated rings. The minimum absolute atomic E-state index is 0.0880. The van der Waals surface area contributed by atoms with Crippen molar-refractivity contribution < 1.29 is 4.79 Å². The van der Waals surface area contributed by atoms with E-state index in [0.717, 1.165) is 12.0 Å². The molecule has 0 aliphatic heterocycles. The molecule has 2 heteroatoms. The van der Waals surface area contributed by atoms with Gasteiger partial charge in [0.25, 0.3) is 0 Å². The van der Waals surface area contributed by atoms with Crippen LogP contribution in [0.1, 0.15) is 23.6 Å². The lowest BCUT2D eigenvalue weighted by atomic mass is 9.98. The van der Waals surface area contributed by atoms with Crippen LogP contribution in [0.5, 0.6) is 0 Å². The fourth-order valence-electron chi connectivity index (χ4n) is 1.91. The lowest BCUT2D eigenvalue weighted by Gasteiger charge is -2.10. The van der Waals surface area contributed by atoms with Gasteiger partial charge in [-0.05, 0) is 17.5 Å². The molecule has 0 amide bonds. The van der Waals surface area contributed by atoms with Crippen LogP contribution >= 0.6 is 0 Å². The van der Waals surface area contributed by atoms with Crippen LogP contribution in [0.25, 0.3) is 0 Å². The van der Waals surface area contributed by atoms with E-state index in [-0.39, 0.29) is 5.78 Å². The summed E-state index contributed by atoms with van der Waals surface area (Å²) in [5, 5.41) is 0. The largest absolute Gasteiger partial charge is 0.318 e. The summed E-state index contributed by atoms with van der Waals surface area (Å²) < 4.78 is 0. The molecule has 2 rings (SSSR count). The number of benzene rings is 2. The topological polar surface area (TPSA) is 43.1 Å². The Balaban J connectivity index is 1.93. The van der Waals surface area contributed by atoms with Crippen LogP contribution in [-0.2, 0) is 11.2 Å². The maximum Gasteiger partial charge on any atom is 0.154 e. The second kappa shape index (κ2) is 6.12. The summed E-state index contributed by atoms with van der Waals surface area (Å²) in [6, 6.07) is 19.0. The van der Waals surface area contributed by atoms with Crippen LogP contribution in [0.3, 0.4) is 0 Å². The predicted molar refractivity (Wildman–Crippen MR) is 73.1 cm³/mol. The number of aryl methyl sites for hydroxylation is 1. The molecule has 0 aliphatic rings. The molecule has 0 bridgehead atoms. The van der Waals surface area contributed by atoms with Gasteiger partial charge in [-0.2, -0.15) is 0 Å². The maximum atomic E-state index is 12.0. The maximum absolute atomic E-state index is 12.0. The summed E-state index contributed by atoms with van der Waals surface area (Å²) in [6.45, 7) is 0. The standard InChI is InChI=1S/C16H17NO/c17-16(14-9-5-2-6-10-14)15(18)12-11-13-7-3-1-4-8-13/h1-10,16H,11-12,17H2. The van der Waals surface area contributed by atoms with Gasteiger partial charge in [0.05, 0.1) is 6.04 Å². The van der Waals surface area contributed by atoms with E-state index in [4.69, 9.17) is 5.73 Å². The highest BCUT2D eigenvalue weighted by molar-refractivity contribution is 5.85. The van der Waals surface area contributed by atoms with Crippen molar-refractivity contribution >= 4 is 5.78 Å². The molecule has 0 saturated carbocycles. The molecule has 0 saturated heterocycles. The van der Waals surface area contributed by atoms with Crippen molar-refractivity contribution in [1.29, 1.82) is 0 Å². The second-order valence-corrected chi connectivity index (χ2v) is 4.34. The summed E-state index contributed by atoms with van der Waals surface area (Å²) in [5.41, 5.74) is 8.01. The molecule has 0 radical (unpaired) electrons. The van der Waals surface area contributed by atoms with Gasteiger partial charge in [0, 0.05) is 6.42 Å². The van der Waals surface area contributed by atoms with Crippen molar-refractivity contribution in [2.24, 2.45) is 5.73 Å². The molecular weight excluding hydrogens is 222 g/mol. The van der Waals surface area contributed by atoms with Crippen molar-refractivity contribution in [1.82, 2.24) is 0 Å². The first kappa shape index (κ1) is 12.5. The summed E-state index contributed by atoms with van der Waals surface area (Å²) in [4.78, 5) is 12.0. The Morgan fingerprint density at radius 1 is 0.944 bits per heavy atom. The third-order valence-corrected chi connectivity index (χ3v) is 3.01. The van der Waals surface area contributed by atoms with Gasteiger partial charge in [0.2, 0.25) is 0 Å². The number of nitrogens with two attached hydrogens (primary N) is 1. The van der Waals surface area contributed by atoms with E-state index in [2.05, 4.69) is 0 Å². The van der Waals surface area contributed by atoms with Gasteiger partial charge < -0.3 is 5.73 Å². The van der Waals surface area contributed by atoms with E-state index in [1.807, 2.05) is 60.7 Å². The first-order chi connectivity index (χ1) is 8.77. The van der Waals surface area contributed by atoms with E-state index in [1.54, 1.807) is 0 Å². The number of carbonyl (C=O) groups is 1. The number of hydrogen-bond donors (Lipinski definition) is 1. The molecule has 92 valence electrons. The smallest absolute Gasteiger partial charge is 0.154 e. The number of ketones is 1. The highest BCUT2D eigenvalue weighted by Crippen LogP contribution is 2.14. The molecule has 2 aromatic carbocycles. The van der Waals surface area contributed by atoms with Crippen LogP contribution in [-0.4, -0.2) is 5.78 Å². The van der Waals surface area contributed by atoms with Crippen molar-refractivity contribution in [3.05, 3.63) is 71.8 Å². The minimum Gasteiger partial charge on any atom is -0.318 e. The van der Waals surface area contributed by atoms with Crippen LogP contribution in [0.4, 0.5) is 0 Å². The lowest BCUT2D eigenvalue weighted by Crippen LogP contribution is -2.21. The zero-order chi connectivity index (χ0) is 12.8. The molecule has 2 aromatic rings. The quantitative estimate of drug-likeness (QED) is 0.871. The molecule has 1 atom stereocenters. The zero-order valence-electron chi connectivity index (χ0n) is 10.3. The van der Waals surface area contributed by atoms with E-state index in [0.29, 0.717) is 6.42 Å². The summed E-state index contributed by atoms with van der Waals surface area (Å²) >= 11 is 0. The van der Waals surface area contributed by atoms with Crippen molar-refractivity contribution in [3.63, 3.8) is 0 Å². The Kier molecular flexibility index (Phi) is 4.26. The fraction of sp³-hybridized carbons (Fsp3) is 0.188. The van der Waals surface area contributed by atoms with Gasteiger partial charge >= 0.3 is 0 Å². The molecule has 0 spiro atoms. The summed E-state index contributed by atoms with van der Waals surface area (Å²) in [7, 11) is 0. The molecule has 0 aromatic heterocycles. The number of rotatable bonds is 5.